The van der Waals surface area contributed by atoms with Crippen molar-refractivity contribution >= 4 is 11.9 Å². The zero-order chi connectivity index (χ0) is 8.60. The molecule has 2 heterocycles. The fraction of sp³-hybridized carbons (Fsp3) is 0.714. The molecule has 2 aliphatic heterocycles. The summed E-state index contributed by atoms with van der Waals surface area (Å²) in [6, 6.07) is -0.451. The first-order valence-corrected chi connectivity index (χ1v) is 3.96. The number of urea groups is 1. The SMILES string of the molecule is O=C1CC2(CCCO2)NC(=O)N1. The first-order valence-electron chi connectivity index (χ1n) is 3.96. The van der Waals surface area contributed by atoms with E-state index in [4.69, 9.17) is 4.74 Å². The van der Waals surface area contributed by atoms with Crippen LogP contribution >= 0.6 is 0 Å². The van der Waals surface area contributed by atoms with Gasteiger partial charge in [0.1, 0.15) is 0 Å². The summed E-state index contributed by atoms with van der Waals surface area (Å²) in [6.07, 6.45) is 1.86. The maximum atomic E-state index is 11.0. The number of hydrogen-bond acceptors (Lipinski definition) is 3. The van der Waals surface area contributed by atoms with Crippen LogP contribution in [0.5, 0.6) is 0 Å². The molecule has 3 amide bonds. The number of carbonyl (C=O) groups is 2. The Bertz CT molecular complexity index is 215. The summed E-state index contributed by atoms with van der Waals surface area (Å²) in [4.78, 5) is 21.9. The molecule has 0 aromatic heterocycles. The highest BCUT2D eigenvalue weighted by Gasteiger charge is 2.42. The summed E-state index contributed by atoms with van der Waals surface area (Å²) in [5.74, 6) is -0.263. The average Bonchev–Trinajstić information content (AvgIpc) is 2.33. The van der Waals surface area contributed by atoms with Gasteiger partial charge in [0.15, 0.2) is 5.72 Å². The molecule has 0 bridgehead atoms. The average molecular weight is 170 g/mol. The zero-order valence-electron chi connectivity index (χ0n) is 6.55. The van der Waals surface area contributed by atoms with Gasteiger partial charge in [0.2, 0.25) is 5.91 Å². The van der Waals surface area contributed by atoms with E-state index in [1.165, 1.54) is 0 Å². The maximum Gasteiger partial charge on any atom is 0.323 e. The van der Waals surface area contributed by atoms with Crippen molar-refractivity contribution in [2.45, 2.75) is 25.0 Å². The van der Waals surface area contributed by atoms with Gasteiger partial charge in [-0.05, 0) is 12.8 Å². The maximum absolute atomic E-state index is 11.0. The van der Waals surface area contributed by atoms with Crippen LogP contribution in [0.25, 0.3) is 0 Å². The number of ether oxygens (including phenoxy) is 1. The number of amides is 3. The molecule has 2 rings (SSSR count). The second-order valence-electron chi connectivity index (χ2n) is 3.13. The second-order valence-corrected chi connectivity index (χ2v) is 3.13. The van der Waals surface area contributed by atoms with Gasteiger partial charge in [-0.3, -0.25) is 10.1 Å². The molecule has 1 spiro atoms. The molecule has 1 atom stereocenters. The summed E-state index contributed by atoms with van der Waals surface area (Å²) >= 11 is 0. The Morgan fingerprint density at radius 1 is 1.42 bits per heavy atom. The van der Waals surface area contributed by atoms with Crippen LogP contribution in [-0.4, -0.2) is 24.3 Å². The molecule has 0 saturated carbocycles. The quantitative estimate of drug-likeness (QED) is 0.525. The number of imide groups is 1. The van der Waals surface area contributed by atoms with Gasteiger partial charge >= 0.3 is 6.03 Å². The lowest BCUT2D eigenvalue weighted by Gasteiger charge is -2.32. The number of carbonyl (C=O) groups excluding carboxylic acids is 2. The van der Waals surface area contributed by atoms with E-state index in [0.717, 1.165) is 12.8 Å². The minimum atomic E-state index is -0.695. The molecular formula is C7H10N2O3. The first kappa shape index (κ1) is 7.54. The summed E-state index contributed by atoms with van der Waals surface area (Å²) in [5.41, 5.74) is -0.695. The van der Waals surface area contributed by atoms with Crippen molar-refractivity contribution in [1.29, 1.82) is 0 Å². The standard InChI is InChI=1S/C7H10N2O3/c10-5-4-7(2-1-3-12-7)9-6(11)8-5/h1-4H2,(H2,8,9,10,11). The van der Waals surface area contributed by atoms with Crippen molar-refractivity contribution in [3.63, 3.8) is 0 Å². The molecule has 1 unspecified atom stereocenters. The van der Waals surface area contributed by atoms with Gasteiger partial charge in [-0.15, -0.1) is 0 Å². The molecule has 0 radical (unpaired) electrons. The highest BCUT2D eigenvalue weighted by molar-refractivity contribution is 5.97. The van der Waals surface area contributed by atoms with Crippen molar-refractivity contribution in [3.05, 3.63) is 0 Å². The molecule has 2 N–H and O–H groups in total. The fourth-order valence-electron chi connectivity index (χ4n) is 1.65. The smallest absolute Gasteiger partial charge is 0.323 e. The Morgan fingerprint density at radius 3 is 2.83 bits per heavy atom. The van der Waals surface area contributed by atoms with Gasteiger partial charge in [-0.25, -0.2) is 4.79 Å². The van der Waals surface area contributed by atoms with Crippen LogP contribution in [0.2, 0.25) is 0 Å². The largest absolute Gasteiger partial charge is 0.355 e. The van der Waals surface area contributed by atoms with Gasteiger partial charge in [-0.2, -0.15) is 0 Å². The Balaban J connectivity index is 2.14. The molecule has 12 heavy (non-hydrogen) atoms. The van der Waals surface area contributed by atoms with Crippen LogP contribution in [0.1, 0.15) is 19.3 Å². The van der Waals surface area contributed by atoms with E-state index in [9.17, 15) is 9.59 Å². The van der Waals surface area contributed by atoms with E-state index in [1.54, 1.807) is 0 Å². The number of rotatable bonds is 0. The van der Waals surface area contributed by atoms with Gasteiger partial charge in [0.25, 0.3) is 0 Å². The third-order valence-electron chi connectivity index (χ3n) is 2.14. The molecule has 0 aromatic rings. The van der Waals surface area contributed by atoms with Crippen LogP contribution in [0.4, 0.5) is 4.79 Å². The van der Waals surface area contributed by atoms with Crippen LogP contribution < -0.4 is 10.6 Å². The van der Waals surface area contributed by atoms with Crippen molar-refractivity contribution in [3.8, 4) is 0 Å². The minimum Gasteiger partial charge on any atom is -0.355 e. The highest BCUT2D eigenvalue weighted by atomic mass is 16.5. The molecule has 2 fully saturated rings. The van der Waals surface area contributed by atoms with E-state index in [2.05, 4.69) is 10.6 Å². The Hall–Kier alpha value is -1.10. The Morgan fingerprint density at radius 2 is 2.25 bits per heavy atom. The molecular weight excluding hydrogens is 160 g/mol. The highest BCUT2D eigenvalue weighted by Crippen LogP contribution is 2.27. The topological polar surface area (TPSA) is 67.4 Å². The van der Waals surface area contributed by atoms with Gasteiger partial charge in [0, 0.05) is 6.61 Å². The predicted molar refractivity (Wildman–Crippen MR) is 39.2 cm³/mol. The molecule has 66 valence electrons. The van der Waals surface area contributed by atoms with E-state index in [-0.39, 0.29) is 12.3 Å². The predicted octanol–water partition coefficient (Wildman–Crippen LogP) is -0.277. The molecule has 2 aliphatic rings. The lowest BCUT2D eigenvalue weighted by atomic mass is 10.0. The molecule has 0 aliphatic carbocycles. The van der Waals surface area contributed by atoms with Crippen molar-refractivity contribution in [1.82, 2.24) is 10.6 Å². The van der Waals surface area contributed by atoms with E-state index >= 15 is 0 Å². The number of hydrogen-bond donors (Lipinski definition) is 2. The normalized spacial score (nSPS) is 35.0. The van der Waals surface area contributed by atoms with Crippen molar-refractivity contribution in [2.75, 3.05) is 6.61 Å². The van der Waals surface area contributed by atoms with E-state index < -0.39 is 11.8 Å². The van der Waals surface area contributed by atoms with Gasteiger partial charge in [-0.1, -0.05) is 0 Å². The van der Waals surface area contributed by atoms with Gasteiger partial charge < -0.3 is 10.1 Å². The van der Waals surface area contributed by atoms with E-state index in [1.807, 2.05) is 0 Å². The van der Waals surface area contributed by atoms with Crippen LogP contribution in [0.15, 0.2) is 0 Å². The molecule has 2 saturated heterocycles. The zero-order valence-corrected chi connectivity index (χ0v) is 6.55. The van der Waals surface area contributed by atoms with Gasteiger partial charge in [0.05, 0.1) is 6.42 Å². The third-order valence-corrected chi connectivity index (χ3v) is 2.14. The van der Waals surface area contributed by atoms with Crippen molar-refractivity contribution < 1.29 is 14.3 Å². The summed E-state index contributed by atoms with van der Waals surface area (Å²) < 4.78 is 5.33. The minimum absolute atomic E-state index is 0.235. The summed E-state index contributed by atoms with van der Waals surface area (Å²) in [5, 5.41) is 4.79. The lowest BCUT2D eigenvalue weighted by molar-refractivity contribution is -0.129. The summed E-state index contributed by atoms with van der Waals surface area (Å²) in [7, 11) is 0. The third kappa shape index (κ3) is 1.16. The lowest BCUT2D eigenvalue weighted by Crippen LogP contribution is -2.60. The Labute approximate surface area is 69.5 Å². The molecule has 5 nitrogen and oxygen atoms in total. The fourth-order valence-corrected chi connectivity index (χ4v) is 1.65. The van der Waals surface area contributed by atoms with Crippen molar-refractivity contribution in [2.24, 2.45) is 0 Å². The van der Waals surface area contributed by atoms with Crippen LogP contribution in [-0.2, 0) is 9.53 Å². The monoisotopic (exact) mass is 170 g/mol. The van der Waals surface area contributed by atoms with E-state index in [0.29, 0.717) is 6.61 Å². The number of nitrogens with one attached hydrogen (secondary N) is 2. The van der Waals surface area contributed by atoms with Crippen LogP contribution in [0, 0.1) is 0 Å². The molecule has 5 heteroatoms. The second kappa shape index (κ2) is 2.45. The summed E-state index contributed by atoms with van der Waals surface area (Å²) in [6.45, 7) is 0.619. The van der Waals surface area contributed by atoms with Crippen LogP contribution in [0.3, 0.4) is 0 Å². The first-order chi connectivity index (χ1) is 5.70. The Kier molecular flexibility index (Phi) is 1.54. The molecule has 0 aromatic carbocycles.